The number of nitrogens with one attached hydrogen (secondary N) is 1. The number of phenolic OH excluding ortho intramolecular Hbond substituents is 1. The second-order valence-corrected chi connectivity index (χ2v) is 6.76. The van der Waals surface area contributed by atoms with Crippen molar-refractivity contribution in [1.29, 1.82) is 0 Å². The summed E-state index contributed by atoms with van der Waals surface area (Å²) in [5.41, 5.74) is 4.05. The van der Waals surface area contributed by atoms with Gasteiger partial charge < -0.3 is 14.6 Å². The van der Waals surface area contributed by atoms with Crippen molar-refractivity contribution in [2.24, 2.45) is 5.10 Å². The molecule has 0 bridgehead atoms. The molecule has 0 fully saturated rings. The lowest BCUT2D eigenvalue weighted by Crippen LogP contribution is -2.25. The van der Waals surface area contributed by atoms with Crippen LogP contribution in [0.25, 0.3) is 0 Å². The van der Waals surface area contributed by atoms with Crippen molar-refractivity contribution < 1.29 is 19.4 Å². The molecule has 0 spiro atoms. The Balaban J connectivity index is 1.92. The second kappa shape index (κ2) is 8.38. The second-order valence-electron chi connectivity index (χ2n) is 6.76. The molecule has 0 saturated carbocycles. The number of hydrazone groups is 1. The first-order valence-corrected chi connectivity index (χ1v) is 8.22. The molecule has 0 heterocycles. The summed E-state index contributed by atoms with van der Waals surface area (Å²) >= 11 is 0. The number of carbonyl (C=O) groups is 1. The Labute approximate surface area is 153 Å². The van der Waals surface area contributed by atoms with Crippen molar-refractivity contribution in [1.82, 2.24) is 5.43 Å². The third-order valence-corrected chi connectivity index (χ3v) is 3.66. The molecule has 2 rings (SSSR count). The van der Waals surface area contributed by atoms with E-state index in [0.29, 0.717) is 17.1 Å². The average Bonchev–Trinajstić information content (AvgIpc) is 2.61. The molecule has 0 aliphatic rings. The number of methoxy groups -OCH3 is 1. The molecule has 2 aromatic rings. The number of phenols is 1. The Morgan fingerprint density at radius 2 is 1.92 bits per heavy atom. The lowest BCUT2D eigenvalue weighted by molar-refractivity contribution is -0.123. The van der Waals surface area contributed by atoms with Crippen LogP contribution >= 0.6 is 0 Å². The molecule has 26 heavy (non-hydrogen) atoms. The van der Waals surface area contributed by atoms with Gasteiger partial charge in [-0.2, -0.15) is 5.10 Å². The maximum Gasteiger partial charge on any atom is 0.277 e. The lowest BCUT2D eigenvalue weighted by Gasteiger charge is -2.22. The van der Waals surface area contributed by atoms with E-state index in [9.17, 15) is 9.90 Å². The van der Waals surface area contributed by atoms with E-state index < -0.39 is 0 Å². The van der Waals surface area contributed by atoms with Gasteiger partial charge >= 0.3 is 0 Å². The van der Waals surface area contributed by atoms with Crippen LogP contribution in [0.3, 0.4) is 0 Å². The van der Waals surface area contributed by atoms with Gasteiger partial charge in [-0.25, -0.2) is 5.43 Å². The summed E-state index contributed by atoms with van der Waals surface area (Å²) in [5, 5.41) is 13.4. The summed E-state index contributed by atoms with van der Waals surface area (Å²) < 4.78 is 10.7. The van der Waals surface area contributed by atoms with E-state index in [-0.39, 0.29) is 23.7 Å². The molecular weight excluding hydrogens is 332 g/mol. The average molecular weight is 356 g/mol. The van der Waals surface area contributed by atoms with Crippen LogP contribution in [-0.2, 0) is 10.2 Å². The summed E-state index contributed by atoms with van der Waals surface area (Å²) in [4.78, 5) is 11.9. The van der Waals surface area contributed by atoms with Crippen LogP contribution in [0.1, 0.15) is 31.9 Å². The molecule has 6 heteroatoms. The van der Waals surface area contributed by atoms with E-state index in [2.05, 4.69) is 31.3 Å². The van der Waals surface area contributed by atoms with Crippen LogP contribution in [0.4, 0.5) is 0 Å². The number of ether oxygens (including phenoxy) is 2. The minimum atomic E-state index is -0.365. The van der Waals surface area contributed by atoms with Crippen molar-refractivity contribution in [3.63, 3.8) is 0 Å². The highest BCUT2D eigenvalue weighted by molar-refractivity contribution is 5.83. The van der Waals surface area contributed by atoms with Gasteiger partial charge in [-0.15, -0.1) is 0 Å². The van der Waals surface area contributed by atoms with Crippen molar-refractivity contribution in [3.05, 3.63) is 53.6 Å². The molecule has 0 radical (unpaired) electrons. The van der Waals surface area contributed by atoms with Gasteiger partial charge in [-0.1, -0.05) is 39.0 Å². The van der Waals surface area contributed by atoms with E-state index >= 15 is 0 Å². The van der Waals surface area contributed by atoms with Gasteiger partial charge in [0.05, 0.1) is 13.3 Å². The van der Waals surface area contributed by atoms with Crippen LogP contribution < -0.4 is 14.9 Å². The summed E-state index contributed by atoms with van der Waals surface area (Å²) in [6, 6.07) is 12.4. The van der Waals surface area contributed by atoms with Crippen LogP contribution in [0.2, 0.25) is 0 Å². The lowest BCUT2D eigenvalue weighted by atomic mass is 9.86. The molecule has 2 N–H and O–H groups in total. The number of nitrogens with zero attached hydrogens (tertiary/aromatic N) is 1. The van der Waals surface area contributed by atoms with E-state index in [1.54, 1.807) is 12.1 Å². The van der Waals surface area contributed by atoms with E-state index in [1.807, 2.05) is 24.3 Å². The summed E-state index contributed by atoms with van der Waals surface area (Å²) in [6.45, 7) is 6.13. The summed E-state index contributed by atoms with van der Waals surface area (Å²) in [6.07, 6.45) is 1.46. The first kappa shape index (κ1) is 19.3. The molecule has 0 unspecified atom stereocenters. The highest BCUT2D eigenvalue weighted by atomic mass is 16.5. The van der Waals surface area contributed by atoms with Crippen molar-refractivity contribution in [2.75, 3.05) is 13.7 Å². The monoisotopic (exact) mass is 356 g/mol. The van der Waals surface area contributed by atoms with Crippen LogP contribution in [-0.4, -0.2) is 30.9 Å². The zero-order valence-corrected chi connectivity index (χ0v) is 15.4. The maximum atomic E-state index is 11.9. The van der Waals surface area contributed by atoms with Gasteiger partial charge in [-0.05, 0) is 40.8 Å². The SMILES string of the molecule is COc1cc(C=NNC(=O)COc2ccccc2C(C)(C)C)ccc1O. The quantitative estimate of drug-likeness (QED) is 0.615. The zero-order valence-electron chi connectivity index (χ0n) is 15.4. The Kier molecular flexibility index (Phi) is 6.22. The molecular formula is C20H24N2O4. The molecule has 0 atom stereocenters. The fraction of sp³-hybridized carbons (Fsp3) is 0.300. The Hall–Kier alpha value is -3.02. The molecule has 1 amide bonds. The number of hydrogen-bond donors (Lipinski definition) is 2. The van der Waals surface area contributed by atoms with Gasteiger partial charge in [0, 0.05) is 0 Å². The predicted octanol–water partition coefficient (Wildman–Crippen LogP) is 3.23. The van der Waals surface area contributed by atoms with Gasteiger partial charge in [0.1, 0.15) is 5.75 Å². The Morgan fingerprint density at radius 3 is 2.62 bits per heavy atom. The number of para-hydroxylation sites is 1. The normalized spacial score (nSPS) is 11.4. The molecule has 6 nitrogen and oxygen atoms in total. The van der Waals surface area contributed by atoms with E-state index in [4.69, 9.17) is 9.47 Å². The largest absolute Gasteiger partial charge is 0.504 e. The van der Waals surface area contributed by atoms with Crippen LogP contribution in [0, 0.1) is 0 Å². The van der Waals surface area contributed by atoms with Crippen LogP contribution in [0.15, 0.2) is 47.6 Å². The summed E-state index contributed by atoms with van der Waals surface area (Å²) in [7, 11) is 1.46. The minimum absolute atomic E-state index is 0.0413. The smallest absolute Gasteiger partial charge is 0.277 e. The third-order valence-electron chi connectivity index (χ3n) is 3.66. The number of benzene rings is 2. The minimum Gasteiger partial charge on any atom is -0.504 e. The van der Waals surface area contributed by atoms with Gasteiger partial charge in [0.15, 0.2) is 18.1 Å². The van der Waals surface area contributed by atoms with E-state index in [1.165, 1.54) is 19.4 Å². The topological polar surface area (TPSA) is 80.2 Å². The number of rotatable bonds is 6. The Morgan fingerprint density at radius 1 is 1.19 bits per heavy atom. The molecule has 138 valence electrons. The first-order valence-electron chi connectivity index (χ1n) is 8.22. The fourth-order valence-electron chi connectivity index (χ4n) is 2.34. The highest BCUT2D eigenvalue weighted by Gasteiger charge is 2.18. The fourth-order valence-corrected chi connectivity index (χ4v) is 2.34. The maximum absolute atomic E-state index is 11.9. The van der Waals surface area contributed by atoms with Gasteiger partial charge in [0.2, 0.25) is 0 Å². The molecule has 0 aromatic heterocycles. The molecule has 2 aromatic carbocycles. The number of carbonyl (C=O) groups excluding carboxylic acids is 1. The highest BCUT2D eigenvalue weighted by Crippen LogP contribution is 2.30. The third kappa shape index (κ3) is 5.24. The standard InChI is InChI=1S/C20H24N2O4/c1-20(2,3)15-7-5-6-8-17(15)26-13-19(24)22-21-12-14-9-10-16(23)18(11-14)25-4/h5-12,23H,13H2,1-4H3,(H,22,24). The van der Waals surface area contributed by atoms with Gasteiger partial charge in [-0.3, -0.25) is 4.79 Å². The predicted molar refractivity (Wildman–Crippen MR) is 101 cm³/mol. The first-order chi connectivity index (χ1) is 12.3. The molecule has 0 aliphatic heterocycles. The Bertz CT molecular complexity index is 795. The number of hydrogen-bond acceptors (Lipinski definition) is 5. The number of amides is 1. The van der Waals surface area contributed by atoms with Crippen molar-refractivity contribution >= 4 is 12.1 Å². The zero-order chi connectivity index (χ0) is 19.2. The van der Waals surface area contributed by atoms with Crippen molar-refractivity contribution in [2.45, 2.75) is 26.2 Å². The molecule has 0 saturated heterocycles. The van der Waals surface area contributed by atoms with Gasteiger partial charge in [0.25, 0.3) is 5.91 Å². The molecule has 0 aliphatic carbocycles. The number of aromatic hydroxyl groups is 1. The van der Waals surface area contributed by atoms with Crippen molar-refractivity contribution in [3.8, 4) is 17.2 Å². The van der Waals surface area contributed by atoms with Crippen LogP contribution in [0.5, 0.6) is 17.2 Å². The van der Waals surface area contributed by atoms with E-state index in [0.717, 1.165) is 5.56 Å². The summed E-state index contributed by atoms with van der Waals surface area (Å²) in [5.74, 6) is 0.695.